The topological polar surface area (TPSA) is 42.2 Å². The van der Waals surface area contributed by atoms with Crippen LogP contribution in [0.25, 0.3) is 16.8 Å². The monoisotopic (exact) mass is 408 g/mol. The first-order valence-corrected chi connectivity index (χ1v) is 10.2. The van der Waals surface area contributed by atoms with Crippen LogP contribution in [-0.4, -0.2) is 14.6 Å². The molecule has 0 unspecified atom stereocenters. The highest BCUT2D eigenvalue weighted by atomic mass is 35.5. The van der Waals surface area contributed by atoms with Gasteiger partial charge in [-0.1, -0.05) is 44.5 Å². The number of hydrogen-bond donors (Lipinski definition) is 1. The van der Waals surface area contributed by atoms with Gasteiger partial charge in [0.25, 0.3) is 0 Å². The second-order valence-electron chi connectivity index (χ2n) is 7.61. The fourth-order valence-corrected chi connectivity index (χ4v) is 3.76. The van der Waals surface area contributed by atoms with Crippen LogP contribution < -0.4 is 4.72 Å². The number of fused-ring (bicyclic) bond motifs is 1. The van der Waals surface area contributed by atoms with E-state index in [1.807, 2.05) is 34.8 Å². The second-order valence-corrected chi connectivity index (χ2v) is 8.90. The molecule has 0 fully saturated rings. The van der Waals surface area contributed by atoms with Gasteiger partial charge in [-0.15, -0.1) is 0 Å². The lowest BCUT2D eigenvalue weighted by molar-refractivity contribution is 0.590. The lowest BCUT2D eigenvalue weighted by atomic mass is 9.87. The number of anilines is 1. The van der Waals surface area contributed by atoms with Gasteiger partial charge in [0.1, 0.15) is 5.82 Å². The Morgan fingerprint density at radius 1 is 1.04 bits per heavy atom. The van der Waals surface area contributed by atoms with Gasteiger partial charge in [-0.25, -0.2) is 4.52 Å². The third-order valence-corrected chi connectivity index (χ3v) is 5.66. The summed E-state index contributed by atoms with van der Waals surface area (Å²) >= 11 is 7.95. The minimum atomic E-state index is 0.150. The average Bonchev–Trinajstić information content (AvgIpc) is 3.14. The molecule has 28 heavy (non-hydrogen) atoms. The Balaban J connectivity index is 1.60. The third kappa shape index (κ3) is 3.86. The molecule has 0 amide bonds. The highest BCUT2D eigenvalue weighted by molar-refractivity contribution is 8.00. The van der Waals surface area contributed by atoms with Crippen LogP contribution >= 0.6 is 23.5 Å². The van der Waals surface area contributed by atoms with E-state index in [2.05, 4.69) is 54.7 Å². The first-order chi connectivity index (χ1) is 13.4. The minimum Gasteiger partial charge on any atom is -0.310 e. The highest BCUT2D eigenvalue weighted by Gasteiger charge is 2.14. The average molecular weight is 409 g/mol. The predicted octanol–water partition coefficient (Wildman–Crippen LogP) is 6.47. The van der Waals surface area contributed by atoms with Crippen LogP contribution in [-0.2, 0) is 5.41 Å². The molecule has 4 aromatic rings. The Hall–Kier alpha value is -2.50. The number of hydrogen-bond acceptors (Lipinski definition) is 4. The van der Waals surface area contributed by atoms with Crippen molar-refractivity contribution in [2.24, 2.45) is 0 Å². The lowest BCUT2D eigenvalue weighted by Crippen LogP contribution is -2.10. The van der Waals surface area contributed by atoms with Crippen LogP contribution in [0.2, 0.25) is 5.02 Å². The second kappa shape index (κ2) is 7.49. The van der Waals surface area contributed by atoms with Gasteiger partial charge >= 0.3 is 0 Å². The van der Waals surface area contributed by atoms with E-state index >= 15 is 0 Å². The van der Waals surface area contributed by atoms with Gasteiger partial charge < -0.3 is 4.72 Å². The molecular formula is C22H21ClN4S. The van der Waals surface area contributed by atoms with E-state index in [-0.39, 0.29) is 5.41 Å². The standard InChI is InChI=1S/C22H21ClN4S/c1-22(2,3)16-6-8-17(9-7-16)28-26-21-11-10-18(23)20-13-19(25-27(20)21)15-5-4-12-24-14-15/h4-14,26H,1-3H3. The van der Waals surface area contributed by atoms with Crippen molar-refractivity contribution in [3.05, 3.63) is 77.6 Å². The van der Waals surface area contributed by atoms with Gasteiger partial charge in [0.15, 0.2) is 0 Å². The van der Waals surface area contributed by atoms with Gasteiger partial charge in [-0.05, 0) is 65.4 Å². The molecule has 4 nitrogen and oxygen atoms in total. The molecule has 0 spiro atoms. The molecule has 4 rings (SSSR count). The molecule has 6 heteroatoms. The molecule has 0 radical (unpaired) electrons. The molecule has 1 N–H and O–H groups in total. The summed E-state index contributed by atoms with van der Waals surface area (Å²) in [5.41, 5.74) is 4.12. The molecular weight excluding hydrogens is 388 g/mol. The molecule has 1 aromatic carbocycles. The van der Waals surface area contributed by atoms with Gasteiger partial charge in [-0.2, -0.15) is 5.10 Å². The molecule has 0 aliphatic heterocycles. The van der Waals surface area contributed by atoms with Crippen molar-refractivity contribution in [3.8, 4) is 11.3 Å². The van der Waals surface area contributed by atoms with Crippen molar-refractivity contribution in [3.63, 3.8) is 0 Å². The molecule has 0 aliphatic carbocycles. The van der Waals surface area contributed by atoms with E-state index in [0.29, 0.717) is 5.02 Å². The van der Waals surface area contributed by atoms with Crippen molar-refractivity contribution in [2.75, 3.05) is 4.72 Å². The molecule has 0 saturated carbocycles. The molecule has 0 saturated heterocycles. The van der Waals surface area contributed by atoms with Crippen LogP contribution in [0.3, 0.4) is 0 Å². The molecule has 0 aliphatic rings. The summed E-state index contributed by atoms with van der Waals surface area (Å²) in [6.07, 6.45) is 3.55. The predicted molar refractivity (Wildman–Crippen MR) is 118 cm³/mol. The lowest BCUT2D eigenvalue weighted by Gasteiger charge is -2.19. The van der Waals surface area contributed by atoms with Crippen molar-refractivity contribution < 1.29 is 0 Å². The Bertz CT molecular complexity index is 1100. The summed E-state index contributed by atoms with van der Waals surface area (Å²) in [6.45, 7) is 6.65. The largest absolute Gasteiger partial charge is 0.310 e. The normalized spacial score (nSPS) is 11.7. The number of pyridine rings is 2. The molecule has 3 aromatic heterocycles. The van der Waals surface area contributed by atoms with Crippen molar-refractivity contribution in [1.29, 1.82) is 0 Å². The van der Waals surface area contributed by atoms with Crippen molar-refractivity contribution in [2.45, 2.75) is 31.1 Å². The number of rotatable bonds is 4. The number of aromatic nitrogens is 3. The fraction of sp³-hybridized carbons (Fsp3) is 0.182. The zero-order valence-electron chi connectivity index (χ0n) is 16.0. The van der Waals surface area contributed by atoms with Crippen LogP contribution in [0, 0.1) is 0 Å². The fourth-order valence-electron chi connectivity index (χ4n) is 2.91. The van der Waals surface area contributed by atoms with E-state index in [1.165, 1.54) is 5.56 Å². The minimum absolute atomic E-state index is 0.150. The summed E-state index contributed by atoms with van der Waals surface area (Å²) < 4.78 is 5.23. The molecule has 3 heterocycles. The Labute approximate surface area is 174 Å². The zero-order valence-corrected chi connectivity index (χ0v) is 17.6. The smallest absolute Gasteiger partial charge is 0.138 e. The van der Waals surface area contributed by atoms with E-state index in [1.54, 1.807) is 24.3 Å². The van der Waals surface area contributed by atoms with E-state index in [0.717, 1.165) is 27.5 Å². The number of benzene rings is 1. The molecule has 0 bridgehead atoms. The maximum absolute atomic E-state index is 6.40. The van der Waals surface area contributed by atoms with Gasteiger partial charge in [-0.3, -0.25) is 4.98 Å². The highest BCUT2D eigenvalue weighted by Crippen LogP contribution is 2.30. The Kier molecular flexibility index (Phi) is 5.04. The van der Waals surface area contributed by atoms with Crippen LogP contribution in [0.15, 0.2) is 71.9 Å². The quantitative estimate of drug-likeness (QED) is 0.393. The van der Waals surface area contributed by atoms with Crippen LogP contribution in [0.5, 0.6) is 0 Å². The summed E-state index contributed by atoms with van der Waals surface area (Å²) in [5.74, 6) is 0.861. The zero-order chi connectivity index (χ0) is 19.7. The van der Waals surface area contributed by atoms with Crippen molar-refractivity contribution in [1.82, 2.24) is 14.6 Å². The van der Waals surface area contributed by atoms with Crippen molar-refractivity contribution >= 4 is 34.9 Å². The summed E-state index contributed by atoms with van der Waals surface area (Å²) in [6, 6.07) is 18.3. The first kappa shape index (κ1) is 18.8. The number of nitrogens with zero attached hydrogens (tertiary/aromatic N) is 3. The van der Waals surface area contributed by atoms with Gasteiger partial charge in [0, 0.05) is 22.9 Å². The molecule has 0 atom stereocenters. The Morgan fingerprint density at radius 3 is 2.50 bits per heavy atom. The maximum atomic E-state index is 6.40. The van der Waals surface area contributed by atoms with Crippen LogP contribution in [0.1, 0.15) is 26.3 Å². The third-order valence-electron chi connectivity index (χ3n) is 4.52. The van der Waals surface area contributed by atoms with E-state index < -0.39 is 0 Å². The summed E-state index contributed by atoms with van der Waals surface area (Å²) in [5, 5.41) is 5.38. The van der Waals surface area contributed by atoms with Gasteiger partial charge in [0.05, 0.1) is 16.2 Å². The summed E-state index contributed by atoms with van der Waals surface area (Å²) in [7, 11) is 0. The number of halogens is 1. The maximum Gasteiger partial charge on any atom is 0.138 e. The SMILES string of the molecule is CC(C)(C)c1ccc(SNc2ccc(Cl)c3cc(-c4cccnc4)nn23)cc1. The van der Waals surface area contributed by atoms with E-state index in [9.17, 15) is 0 Å². The number of nitrogens with one attached hydrogen (secondary N) is 1. The van der Waals surface area contributed by atoms with Gasteiger partial charge in [0.2, 0.25) is 0 Å². The summed E-state index contributed by atoms with van der Waals surface area (Å²) in [4.78, 5) is 5.31. The van der Waals surface area contributed by atoms with Crippen LogP contribution in [0.4, 0.5) is 5.82 Å². The van der Waals surface area contributed by atoms with E-state index in [4.69, 9.17) is 16.7 Å². The first-order valence-electron chi connectivity index (χ1n) is 9.04. The molecule has 142 valence electrons. The Morgan fingerprint density at radius 2 is 1.82 bits per heavy atom.